The summed E-state index contributed by atoms with van der Waals surface area (Å²) in [6, 6.07) is 0. The molecular formula is C7H13FrO2. The largest absolute Gasteiger partial charge is 1.00 e. The molecule has 2 nitrogen and oxygen atoms in total. The minimum atomic E-state index is -0.925. The van der Waals surface area contributed by atoms with Crippen molar-refractivity contribution in [2.75, 3.05) is 0 Å². The molecule has 0 heterocycles. The molecule has 0 rings (SSSR count). The summed E-state index contributed by atoms with van der Waals surface area (Å²) in [6.45, 7) is 2.10. The predicted molar refractivity (Wildman–Crippen MR) is 33.8 cm³/mol. The zero-order valence-electron chi connectivity index (χ0n) is 6.85. The van der Waals surface area contributed by atoms with E-state index in [0.717, 1.165) is 25.7 Å². The first kappa shape index (κ1) is 13.6. The van der Waals surface area contributed by atoms with Gasteiger partial charge >= 0.3 is 49.9 Å². The van der Waals surface area contributed by atoms with Crippen LogP contribution in [-0.2, 0) is 4.79 Å². The van der Waals surface area contributed by atoms with E-state index in [1.807, 2.05) is 0 Å². The molecule has 0 amide bonds. The van der Waals surface area contributed by atoms with Crippen LogP contribution in [0.2, 0.25) is 0 Å². The maximum absolute atomic E-state index is 9.85. The number of unbranched alkanes of at least 4 members (excludes halogenated alkanes) is 3. The SMILES string of the molecule is CCCCCCC(=O)[O-].[Fr+]. The standard InChI is InChI=1S/C7H14O2.Fr/c1-2-3-4-5-6-7(8)9;/h2-6H2,1H3,(H,8,9);/q;+1/p-1. The molecule has 54 valence electrons. The average Bonchev–Trinajstić information content (AvgIpc) is 1.80. The van der Waals surface area contributed by atoms with Crippen molar-refractivity contribution in [1.82, 2.24) is 0 Å². The number of hydrogen-bond donors (Lipinski definition) is 0. The third kappa shape index (κ3) is 11.8. The summed E-state index contributed by atoms with van der Waals surface area (Å²) in [6.07, 6.45) is 4.29. The zero-order chi connectivity index (χ0) is 7.11. The molecule has 0 aliphatic carbocycles. The third-order valence-electron chi connectivity index (χ3n) is 1.23. The molecule has 0 aliphatic heterocycles. The van der Waals surface area contributed by atoms with E-state index in [0.29, 0.717) is 0 Å². The van der Waals surface area contributed by atoms with Gasteiger partial charge in [-0.15, -0.1) is 0 Å². The Balaban J connectivity index is 0. The average molecular weight is 352 g/mol. The fourth-order valence-electron chi connectivity index (χ4n) is 0.696. The van der Waals surface area contributed by atoms with Crippen LogP contribution < -0.4 is 5.11 Å². The Morgan fingerprint density at radius 2 is 1.90 bits per heavy atom. The van der Waals surface area contributed by atoms with Gasteiger partial charge in [0.05, 0.1) is 0 Å². The van der Waals surface area contributed by atoms with Gasteiger partial charge in [0.2, 0.25) is 0 Å². The monoisotopic (exact) mass is 352 g/mol. The Morgan fingerprint density at radius 1 is 1.30 bits per heavy atom. The summed E-state index contributed by atoms with van der Waals surface area (Å²) < 4.78 is 0. The minimum Gasteiger partial charge on any atom is -0.550 e. The Bertz CT molecular complexity index is 83.7. The smallest absolute Gasteiger partial charge is 0.550 e. The normalized spacial score (nSPS) is 8.50. The first-order chi connectivity index (χ1) is 4.27. The van der Waals surface area contributed by atoms with Gasteiger partial charge in [-0.05, 0) is 12.8 Å². The Morgan fingerprint density at radius 3 is 2.30 bits per heavy atom. The summed E-state index contributed by atoms with van der Waals surface area (Å²) in [5, 5.41) is 9.85. The molecule has 0 unspecified atom stereocenters. The number of rotatable bonds is 5. The van der Waals surface area contributed by atoms with Crippen molar-refractivity contribution in [3.05, 3.63) is 0 Å². The van der Waals surface area contributed by atoms with E-state index in [1.165, 1.54) is 0 Å². The van der Waals surface area contributed by atoms with Crippen molar-refractivity contribution in [3.63, 3.8) is 0 Å². The molecule has 0 aromatic rings. The van der Waals surface area contributed by atoms with Crippen LogP contribution in [0.15, 0.2) is 0 Å². The molecule has 0 saturated heterocycles. The van der Waals surface area contributed by atoms with Gasteiger partial charge in [-0.3, -0.25) is 0 Å². The maximum atomic E-state index is 9.85. The zero-order valence-corrected chi connectivity index (χ0v) is 15.1. The van der Waals surface area contributed by atoms with Crippen LogP contribution in [0.3, 0.4) is 0 Å². The third-order valence-corrected chi connectivity index (χ3v) is 1.23. The molecule has 0 bridgehead atoms. The molecule has 0 fully saturated rings. The topological polar surface area (TPSA) is 40.1 Å². The molecule has 0 radical (unpaired) electrons. The molecule has 0 atom stereocenters. The van der Waals surface area contributed by atoms with E-state index in [9.17, 15) is 9.90 Å². The molecule has 3 heteroatoms. The number of aliphatic carboxylic acids is 1. The first-order valence-electron chi connectivity index (χ1n) is 3.47. The van der Waals surface area contributed by atoms with Crippen LogP contribution in [0, 0.1) is 49.9 Å². The Labute approximate surface area is 103 Å². The number of carbonyl (C=O) groups excluding carboxylic acids is 1. The second-order valence-corrected chi connectivity index (χ2v) is 2.18. The molecule has 0 aromatic carbocycles. The van der Waals surface area contributed by atoms with E-state index >= 15 is 0 Å². The van der Waals surface area contributed by atoms with Crippen LogP contribution in [0.25, 0.3) is 0 Å². The molecule has 0 N–H and O–H groups in total. The van der Waals surface area contributed by atoms with Crippen molar-refractivity contribution in [1.29, 1.82) is 0 Å². The fourth-order valence-corrected chi connectivity index (χ4v) is 0.696. The van der Waals surface area contributed by atoms with Gasteiger partial charge in [0.25, 0.3) is 0 Å². The van der Waals surface area contributed by atoms with Gasteiger partial charge < -0.3 is 9.90 Å². The van der Waals surface area contributed by atoms with E-state index < -0.39 is 5.97 Å². The second-order valence-electron chi connectivity index (χ2n) is 2.18. The Kier molecular flexibility index (Phi) is 13.7. The molecular weight excluding hydrogens is 339 g/mol. The quantitative estimate of drug-likeness (QED) is 0.684. The molecule has 0 saturated carbocycles. The number of carboxylic acids is 1. The van der Waals surface area contributed by atoms with Gasteiger partial charge in [-0.2, -0.15) is 0 Å². The number of carboxylic acid groups (broad SMARTS) is 1. The van der Waals surface area contributed by atoms with E-state index in [-0.39, 0.29) is 56.3 Å². The molecule has 0 aromatic heterocycles. The predicted octanol–water partition coefficient (Wildman–Crippen LogP) is 0.707. The van der Waals surface area contributed by atoms with E-state index in [2.05, 4.69) is 6.92 Å². The molecule has 0 aliphatic rings. The Hall–Kier alpha value is 1.07. The van der Waals surface area contributed by atoms with Gasteiger partial charge in [0.1, 0.15) is 0 Å². The fraction of sp³-hybridized carbons (Fsp3) is 0.857. The van der Waals surface area contributed by atoms with E-state index in [4.69, 9.17) is 0 Å². The van der Waals surface area contributed by atoms with Crippen LogP contribution in [0.5, 0.6) is 0 Å². The van der Waals surface area contributed by atoms with Crippen molar-refractivity contribution < 1.29 is 59.8 Å². The molecule has 0 spiro atoms. The second kappa shape index (κ2) is 10.1. The summed E-state index contributed by atoms with van der Waals surface area (Å²) in [7, 11) is 0. The van der Waals surface area contributed by atoms with Crippen LogP contribution in [0.4, 0.5) is 0 Å². The summed E-state index contributed by atoms with van der Waals surface area (Å²) in [5.74, 6) is -0.925. The summed E-state index contributed by atoms with van der Waals surface area (Å²) in [5.41, 5.74) is 0. The van der Waals surface area contributed by atoms with Crippen molar-refractivity contribution >= 4 is 5.97 Å². The molecule has 10 heavy (non-hydrogen) atoms. The minimum absolute atomic E-state index is 0. The van der Waals surface area contributed by atoms with Crippen LogP contribution >= 0.6 is 0 Å². The van der Waals surface area contributed by atoms with Crippen molar-refractivity contribution in [3.8, 4) is 0 Å². The van der Waals surface area contributed by atoms with Gasteiger partial charge in [0, 0.05) is 5.97 Å². The first-order valence-corrected chi connectivity index (χ1v) is 3.47. The number of hydrogen-bond acceptors (Lipinski definition) is 2. The van der Waals surface area contributed by atoms with Gasteiger partial charge in [-0.25, -0.2) is 0 Å². The maximum Gasteiger partial charge on any atom is 1.00 e. The van der Waals surface area contributed by atoms with Crippen LogP contribution in [-0.4, -0.2) is 5.97 Å². The number of carbonyl (C=O) groups is 1. The van der Waals surface area contributed by atoms with Crippen LogP contribution in [0.1, 0.15) is 39.0 Å². The van der Waals surface area contributed by atoms with Crippen molar-refractivity contribution in [2.24, 2.45) is 0 Å². The van der Waals surface area contributed by atoms with Crippen molar-refractivity contribution in [2.45, 2.75) is 39.0 Å². The van der Waals surface area contributed by atoms with Gasteiger partial charge in [0.15, 0.2) is 0 Å². The van der Waals surface area contributed by atoms with Gasteiger partial charge in [-0.1, -0.05) is 26.2 Å². The summed E-state index contributed by atoms with van der Waals surface area (Å²) in [4.78, 5) is 9.85. The summed E-state index contributed by atoms with van der Waals surface area (Å²) >= 11 is 0. The van der Waals surface area contributed by atoms with E-state index in [1.54, 1.807) is 0 Å².